The standard InChI is InChI=1S/C30H23N3Si/c1-34(2)27-17-8-5-14-24(27)29-28(34)19-31-30(32-29)20-10-9-11-21(18-20)33-25-15-6-3-12-22(25)23-13-4-7-16-26(23)33/h3-19H,1-2H3. The van der Waals surface area contributed by atoms with Gasteiger partial charge in [-0.05, 0) is 40.2 Å². The van der Waals surface area contributed by atoms with Gasteiger partial charge in [-0.1, -0.05) is 85.9 Å². The van der Waals surface area contributed by atoms with Crippen LogP contribution in [0.5, 0.6) is 0 Å². The van der Waals surface area contributed by atoms with E-state index in [9.17, 15) is 0 Å². The summed E-state index contributed by atoms with van der Waals surface area (Å²) in [5.41, 5.74) is 6.95. The van der Waals surface area contributed by atoms with Gasteiger partial charge in [0.25, 0.3) is 0 Å². The molecule has 162 valence electrons. The summed E-state index contributed by atoms with van der Waals surface area (Å²) in [5, 5.41) is 5.31. The fourth-order valence-electron chi connectivity index (χ4n) is 5.55. The predicted molar refractivity (Wildman–Crippen MR) is 144 cm³/mol. The van der Waals surface area contributed by atoms with E-state index < -0.39 is 8.07 Å². The number of fused-ring (bicyclic) bond motifs is 6. The molecular formula is C30H23N3Si. The summed E-state index contributed by atoms with van der Waals surface area (Å²) in [6.07, 6.45) is 2.08. The van der Waals surface area contributed by atoms with Crippen molar-refractivity contribution in [2.24, 2.45) is 0 Å². The second kappa shape index (κ2) is 6.99. The van der Waals surface area contributed by atoms with Crippen molar-refractivity contribution in [1.82, 2.24) is 14.5 Å². The normalized spacial score (nSPS) is 13.8. The molecule has 0 saturated carbocycles. The lowest BCUT2D eigenvalue weighted by Gasteiger charge is -2.17. The Bertz CT molecular complexity index is 1690. The molecule has 6 aromatic rings. The van der Waals surface area contributed by atoms with Crippen LogP contribution in [0.1, 0.15) is 0 Å². The van der Waals surface area contributed by atoms with Gasteiger partial charge in [0, 0.05) is 28.2 Å². The molecule has 0 saturated heterocycles. The molecule has 1 aliphatic heterocycles. The van der Waals surface area contributed by atoms with Crippen LogP contribution in [0.4, 0.5) is 0 Å². The molecule has 0 radical (unpaired) electrons. The van der Waals surface area contributed by atoms with Gasteiger partial charge in [-0.3, -0.25) is 0 Å². The third-order valence-electron chi connectivity index (χ3n) is 7.26. The van der Waals surface area contributed by atoms with Crippen LogP contribution in [0.15, 0.2) is 103 Å². The zero-order valence-electron chi connectivity index (χ0n) is 19.2. The Balaban J connectivity index is 1.42. The van der Waals surface area contributed by atoms with Crippen molar-refractivity contribution in [3.63, 3.8) is 0 Å². The van der Waals surface area contributed by atoms with Gasteiger partial charge in [-0.15, -0.1) is 0 Å². The fraction of sp³-hybridized carbons (Fsp3) is 0.0667. The van der Waals surface area contributed by atoms with E-state index in [1.807, 2.05) is 0 Å². The number of hydrogen-bond acceptors (Lipinski definition) is 2. The molecule has 1 aliphatic rings. The van der Waals surface area contributed by atoms with Crippen molar-refractivity contribution >= 4 is 40.3 Å². The summed E-state index contributed by atoms with van der Waals surface area (Å²) in [6.45, 7) is 4.78. The lowest BCUT2D eigenvalue weighted by Crippen LogP contribution is -2.49. The predicted octanol–water partition coefficient (Wildman–Crippen LogP) is 6.04. The molecule has 0 amide bonds. The average Bonchev–Trinajstić information content (AvgIpc) is 3.34. The fourth-order valence-corrected chi connectivity index (χ4v) is 8.40. The number of para-hydroxylation sites is 2. The molecule has 0 N–H and O–H groups in total. The van der Waals surface area contributed by atoms with E-state index in [0.29, 0.717) is 0 Å². The number of aromatic nitrogens is 3. The van der Waals surface area contributed by atoms with Gasteiger partial charge >= 0.3 is 0 Å². The Morgan fingerprint density at radius 3 is 2.12 bits per heavy atom. The molecule has 0 spiro atoms. The van der Waals surface area contributed by atoms with Gasteiger partial charge in [-0.2, -0.15) is 0 Å². The van der Waals surface area contributed by atoms with Crippen molar-refractivity contribution in [1.29, 1.82) is 0 Å². The molecule has 34 heavy (non-hydrogen) atoms. The Morgan fingerprint density at radius 2 is 1.35 bits per heavy atom. The minimum Gasteiger partial charge on any atom is -0.309 e. The molecule has 0 unspecified atom stereocenters. The lowest BCUT2D eigenvalue weighted by molar-refractivity contribution is 1.16. The van der Waals surface area contributed by atoms with Gasteiger partial charge in [0.15, 0.2) is 5.82 Å². The van der Waals surface area contributed by atoms with Crippen molar-refractivity contribution in [2.45, 2.75) is 13.1 Å². The van der Waals surface area contributed by atoms with Crippen molar-refractivity contribution in [2.75, 3.05) is 0 Å². The van der Waals surface area contributed by atoms with E-state index in [4.69, 9.17) is 9.97 Å². The van der Waals surface area contributed by atoms with E-state index in [1.165, 1.54) is 37.7 Å². The molecule has 2 aromatic heterocycles. The SMILES string of the molecule is C[Si]1(C)c2ccccc2-c2nc(-c3cccc(-n4c5ccccc5c5ccccc54)c3)ncc21. The van der Waals surface area contributed by atoms with Gasteiger partial charge in [0.2, 0.25) is 0 Å². The Kier molecular flexibility index (Phi) is 4.00. The van der Waals surface area contributed by atoms with Crippen LogP contribution in [0.3, 0.4) is 0 Å². The monoisotopic (exact) mass is 453 g/mol. The van der Waals surface area contributed by atoms with Crippen LogP contribution in [0.25, 0.3) is 50.1 Å². The van der Waals surface area contributed by atoms with Crippen LogP contribution < -0.4 is 10.4 Å². The van der Waals surface area contributed by atoms with Crippen LogP contribution in [-0.4, -0.2) is 22.6 Å². The number of hydrogen-bond donors (Lipinski definition) is 0. The van der Waals surface area contributed by atoms with Crippen molar-refractivity contribution in [3.05, 3.63) is 103 Å². The van der Waals surface area contributed by atoms with Crippen LogP contribution >= 0.6 is 0 Å². The molecule has 0 atom stereocenters. The molecule has 4 aromatic carbocycles. The van der Waals surface area contributed by atoms with E-state index in [0.717, 1.165) is 22.8 Å². The third kappa shape index (κ3) is 2.63. The highest BCUT2D eigenvalue weighted by atomic mass is 28.3. The van der Waals surface area contributed by atoms with E-state index in [-0.39, 0.29) is 0 Å². The molecule has 7 rings (SSSR count). The minimum atomic E-state index is -1.75. The smallest absolute Gasteiger partial charge is 0.159 e. The van der Waals surface area contributed by atoms with Gasteiger partial charge in [-0.25, -0.2) is 9.97 Å². The Labute approximate surface area is 199 Å². The molecule has 3 heterocycles. The molecule has 0 aliphatic carbocycles. The first-order valence-electron chi connectivity index (χ1n) is 11.7. The first-order chi connectivity index (χ1) is 16.6. The summed E-state index contributed by atoms with van der Waals surface area (Å²) >= 11 is 0. The van der Waals surface area contributed by atoms with E-state index in [1.54, 1.807) is 0 Å². The molecule has 4 heteroatoms. The average molecular weight is 454 g/mol. The zero-order chi connectivity index (χ0) is 22.9. The summed E-state index contributed by atoms with van der Waals surface area (Å²) in [7, 11) is -1.75. The van der Waals surface area contributed by atoms with E-state index in [2.05, 4.69) is 121 Å². The topological polar surface area (TPSA) is 30.7 Å². The maximum Gasteiger partial charge on any atom is 0.159 e. The molecular weight excluding hydrogens is 430 g/mol. The molecule has 0 fully saturated rings. The highest BCUT2D eigenvalue weighted by Gasteiger charge is 2.38. The lowest BCUT2D eigenvalue weighted by atomic mass is 10.1. The van der Waals surface area contributed by atoms with Gasteiger partial charge in [0.1, 0.15) is 8.07 Å². The third-order valence-corrected chi connectivity index (χ3v) is 10.8. The van der Waals surface area contributed by atoms with Crippen molar-refractivity contribution in [3.8, 4) is 28.3 Å². The zero-order valence-corrected chi connectivity index (χ0v) is 20.2. The van der Waals surface area contributed by atoms with Gasteiger partial charge in [0.05, 0.1) is 16.7 Å². The minimum absolute atomic E-state index is 0.780. The highest BCUT2D eigenvalue weighted by molar-refractivity contribution is 7.03. The van der Waals surface area contributed by atoms with Crippen LogP contribution in [0.2, 0.25) is 13.1 Å². The second-order valence-electron chi connectivity index (χ2n) is 9.55. The van der Waals surface area contributed by atoms with Crippen molar-refractivity contribution < 1.29 is 0 Å². The van der Waals surface area contributed by atoms with E-state index >= 15 is 0 Å². The Hall–Kier alpha value is -4.02. The van der Waals surface area contributed by atoms with Crippen LogP contribution in [-0.2, 0) is 0 Å². The number of benzene rings is 4. The summed E-state index contributed by atoms with van der Waals surface area (Å²) < 4.78 is 2.34. The first-order valence-corrected chi connectivity index (χ1v) is 14.7. The Morgan fingerprint density at radius 1 is 0.676 bits per heavy atom. The number of rotatable bonds is 2. The summed E-state index contributed by atoms with van der Waals surface area (Å²) in [5.74, 6) is 0.780. The summed E-state index contributed by atoms with van der Waals surface area (Å²) in [6, 6.07) is 34.5. The van der Waals surface area contributed by atoms with Gasteiger partial charge < -0.3 is 4.57 Å². The largest absolute Gasteiger partial charge is 0.309 e. The molecule has 3 nitrogen and oxygen atoms in total. The first kappa shape index (κ1) is 19.4. The number of nitrogens with zero attached hydrogens (tertiary/aromatic N) is 3. The molecule has 0 bridgehead atoms. The maximum absolute atomic E-state index is 5.12. The quantitative estimate of drug-likeness (QED) is 0.299. The second-order valence-corrected chi connectivity index (χ2v) is 13.9. The maximum atomic E-state index is 5.12. The highest BCUT2D eigenvalue weighted by Crippen LogP contribution is 2.33. The van der Waals surface area contributed by atoms with Crippen LogP contribution in [0, 0.1) is 0 Å². The summed E-state index contributed by atoms with van der Waals surface area (Å²) in [4.78, 5) is 9.98.